The average molecular weight is 398 g/mol. The molecule has 0 radical (unpaired) electrons. The third-order valence-corrected chi connectivity index (χ3v) is 5.09. The van der Waals surface area contributed by atoms with Crippen LogP contribution in [-0.2, 0) is 0 Å². The molecule has 1 amide bonds. The fourth-order valence-electron chi connectivity index (χ4n) is 3.44. The highest BCUT2D eigenvalue weighted by atomic mass is 19.1. The molecule has 1 aliphatic heterocycles. The van der Waals surface area contributed by atoms with E-state index in [2.05, 4.69) is 15.0 Å². The summed E-state index contributed by atoms with van der Waals surface area (Å²) in [5, 5.41) is 4.05. The lowest BCUT2D eigenvalue weighted by Crippen LogP contribution is -2.49. The van der Waals surface area contributed by atoms with E-state index in [0.29, 0.717) is 37.9 Å². The molecule has 0 spiro atoms. The first-order chi connectivity index (χ1) is 14.0. The number of piperazine rings is 1. The predicted octanol–water partition coefficient (Wildman–Crippen LogP) is 3.53. The van der Waals surface area contributed by atoms with Gasteiger partial charge in [0.15, 0.2) is 0 Å². The van der Waals surface area contributed by atoms with Crippen LogP contribution in [-0.4, -0.2) is 52.0 Å². The topological polar surface area (TPSA) is 62.5 Å². The second-order valence-electron chi connectivity index (χ2n) is 6.98. The molecule has 8 heteroatoms. The van der Waals surface area contributed by atoms with Crippen LogP contribution >= 0.6 is 0 Å². The van der Waals surface area contributed by atoms with E-state index in [1.807, 2.05) is 37.3 Å². The molecule has 2 heterocycles. The highest BCUT2D eigenvalue weighted by Crippen LogP contribution is 2.24. The maximum Gasteiger partial charge on any atom is 0.254 e. The molecule has 1 atom stereocenters. The van der Waals surface area contributed by atoms with Gasteiger partial charge in [-0.3, -0.25) is 9.69 Å². The van der Waals surface area contributed by atoms with Crippen LogP contribution in [0.3, 0.4) is 0 Å². The van der Waals surface area contributed by atoms with E-state index in [-0.39, 0.29) is 17.5 Å². The zero-order valence-corrected chi connectivity index (χ0v) is 15.9. The smallest absolute Gasteiger partial charge is 0.254 e. The van der Waals surface area contributed by atoms with Gasteiger partial charge in [0.25, 0.3) is 5.91 Å². The number of carbonyl (C=O) groups excluding carboxylic acids is 1. The van der Waals surface area contributed by atoms with E-state index >= 15 is 0 Å². The number of benzene rings is 2. The quantitative estimate of drug-likeness (QED) is 0.673. The summed E-state index contributed by atoms with van der Waals surface area (Å²) in [6, 6.07) is 12.3. The molecule has 0 aliphatic carbocycles. The van der Waals surface area contributed by atoms with Gasteiger partial charge in [0.2, 0.25) is 11.7 Å². The first-order valence-electron chi connectivity index (χ1n) is 9.40. The summed E-state index contributed by atoms with van der Waals surface area (Å²) in [5.74, 6) is -0.845. The van der Waals surface area contributed by atoms with Gasteiger partial charge in [-0.05, 0) is 19.1 Å². The first kappa shape index (κ1) is 19.2. The number of carbonyl (C=O) groups is 1. The lowest BCUT2D eigenvalue weighted by Gasteiger charge is -2.36. The van der Waals surface area contributed by atoms with Crippen LogP contribution in [0.25, 0.3) is 11.4 Å². The lowest BCUT2D eigenvalue weighted by atomic mass is 10.1. The maximum absolute atomic E-state index is 13.4. The zero-order valence-electron chi connectivity index (χ0n) is 15.9. The van der Waals surface area contributed by atoms with Crippen molar-refractivity contribution in [3.8, 4) is 11.4 Å². The van der Waals surface area contributed by atoms with E-state index in [1.54, 1.807) is 4.90 Å². The number of hydrogen-bond donors (Lipinski definition) is 0. The van der Waals surface area contributed by atoms with Crippen LogP contribution in [0.4, 0.5) is 8.78 Å². The minimum absolute atomic E-state index is 0.0217. The van der Waals surface area contributed by atoms with Crippen LogP contribution in [0.5, 0.6) is 0 Å². The molecule has 29 heavy (non-hydrogen) atoms. The summed E-state index contributed by atoms with van der Waals surface area (Å²) in [6.45, 7) is 4.05. The fraction of sp³-hybridized carbons (Fsp3) is 0.286. The van der Waals surface area contributed by atoms with E-state index in [9.17, 15) is 13.6 Å². The van der Waals surface area contributed by atoms with Gasteiger partial charge in [-0.15, -0.1) is 0 Å². The molecular weight excluding hydrogens is 378 g/mol. The van der Waals surface area contributed by atoms with Gasteiger partial charge in [0.05, 0.1) is 6.04 Å². The highest BCUT2D eigenvalue weighted by molar-refractivity contribution is 5.94. The zero-order chi connectivity index (χ0) is 20.4. The number of nitrogens with zero attached hydrogens (tertiary/aromatic N) is 4. The Labute approximate surface area is 166 Å². The summed E-state index contributed by atoms with van der Waals surface area (Å²) in [6.07, 6.45) is 0. The molecule has 2 aromatic carbocycles. The SMILES string of the molecule is CC(c1nc(-c2ccccc2)no1)N1CCN(C(=O)c2cc(F)cc(F)c2)CC1. The molecule has 3 aromatic rings. The summed E-state index contributed by atoms with van der Waals surface area (Å²) in [4.78, 5) is 20.8. The molecule has 1 unspecified atom stereocenters. The Bertz CT molecular complexity index is 981. The van der Waals surface area contributed by atoms with Gasteiger partial charge in [0, 0.05) is 43.4 Å². The number of rotatable bonds is 4. The van der Waals surface area contributed by atoms with E-state index in [1.165, 1.54) is 0 Å². The van der Waals surface area contributed by atoms with Crippen molar-refractivity contribution in [3.05, 3.63) is 71.6 Å². The molecule has 6 nitrogen and oxygen atoms in total. The normalized spacial score (nSPS) is 16.0. The lowest BCUT2D eigenvalue weighted by molar-refractivity contribution is 0.0551. The average Bonchev–Trinajstić information content (AvgIpc) is 3.23. The van der Waals surface area contributed by atoms with Gasteiger partial charge < -0.3 is 9.42 Å². The van der Waals surface area contributed by atoms with Crippen molar-refractivity contribution in [1.29, 1.82) is 0 Å². The van der Waals surface area contributed by atoms with Crippen molar-refractivity contribution in [3.63, 3.8) is 0 Å². The third kappa shape index (κ3) is 4.17. The number of amides is 1. The van der Waals surface area contributed by atoms with Crippen LogP contribution < -0.4 is 0 Å². The van der Waals surface area contributed by atoms with Crippen LogP contribution in [0, 0.1) is 11.6 Å². The summed E-state index contributed by atoms with van der Waals surface area (Å²) >= 11 is 0. The largest absolute Gasteiger partial charge is 0.337 e. The Hall–Kier alpha value is -3.13. The highest BCUT2D eigenvalue weighted by Gasteiger charge is 2.28. The third-order valence-electron chi connectivity index (χ3n) is 5.09. The van der Waals surface area contributed by atoms with E-state index in [4.69, 9.17) is 4.52 Å². The molecule has 1 aromatic heterocycles. The van der Waals surface area contributed by atoms with Crippen molar-refractivity contribution in [2.45, 2.75) is 13.0 Å². The number of halogens is 2. The molecule has 4 rings (SSSR count). The van der Waals surface area contributed by atoms with Crippen molar-refractivity contribution in [2.75, 3.05) is 26.2 Å². The molecule has 0 bridgehead atoms. The van der Waals surface area contributed by atoms with Crippen molar-refractivity contribution < 1.29 is 18.1 Å². The van der Waals surface area contributed by atoms with E-state index in [0.717, 1.165) is 23.8 Å². The molecule has 1 aliphatic rings. The maximum atomic E-state index is 13.4. The van der Waals surface area contributed by atoms with Gasteiger partial charge >= 0.3 is 0 Å². The van der Waals surface area contributed by atoms with E-state index < -0.39 is 11.6 Å². The van der Waals surface area contributed by atoms with Crippen molar-refractivity contribution in [2.24, 2.45) is 0 Å². The Morgan fingerprint density at radius 2 is 1.69 bits per heavy atom. The predicted molar refractivity (Wildman–Crippen MR) is 102 cm³/mol. The van der Waals surface area contributed by atoms with Crippen LogP contribution in [0.2, 0.25) is 0 Å². The minimum atomic E-state index is -0.758. The van der Waals surface area contributed by atoms with Crippen molar-refractivity contribution >= 4 is 5.91 Å². The summed E-state index contributed by atoms with van der Waals surface area (Å²) in [7, 11) is 0. The molecular formula is C21H20F2N4O2. The number of aromatic nitrogens is 2. The van der Waals surface area contributed by atoms with Crippen LogP contribution in [0.1, 0.15) is 29.2 Å². The fourth-order valence-corrected chi connectivity index (χ4v) is 3.44. The molecule has 0 saturated carbocycles. The molecule has 1 fully saturated rings. The number of hydrogen-bond acceptors (Lipinski definition) is 5. The Morgan fingerprint density at radius 1 is 1.03 bits per heavy atom. The van der Waals surface area contributed by atoms with Crippen LogP contribution in [0.15, 0.2) is 53.1 Å². The van der Waals surface area contributed by atoms with Gasteiger partial charge in [-0.1, -0.05) is 35.5 Å². The molecule has 1 saturated heterocycles. The van der Waals surface area contributed by atoms with Crippen molar-refractivity contribution in [1.82, 2.24) is 19.9 Å². The molecule has 0 N–H and O–H groups in total. The summed E-state index contributed by atoms with van der Waals surface area (Å²) < 4.78 is 32.2. The second-order valence-corrected chi connectivity index (χ2v) is 6.98. The Morgan fingerprint density at radius 3 is 2.34 bits per heavy atom. The monoisotopic (exact) mass is 398 g/mol. The summed E-state index contributed by atoms with van der Waals surface area (Å²) in [5.41, 5.74) is 0.904. The Balaban J connectivity index is 1.39. The second kappa shape index (κ2) is 8.08. The minimum Gasteiger partial charge on any atom is -0.337 e. The van der Waals surface area contributed by atoms with Gasteiger partial charge in [-0.25, -0.2) is 8.78 Å². The van der Waals surface area contributed by atoms with Gasteiger partial charge in [0.1, 0.15) is 11.6 Å². The van der Waals surface area contributed by atoms with Gasteiger partial charge in [-0.2, -0.15) is 4.98 Å². The Kier molecular flexibility index (Phi) is 5.35. The standard InChI is InChI=1S/C21H20F2N4O2/c1-14(20-24-19(25-29-20)15-5-3-2-4-6-15)26-7-9-27(10-8-26)21(28)16-11-17(22)13-18(23)12-16/h2-6,11-14H,7-10H2,1H3. The first-order valence-corrected chi connectivity index (χ1v) is 9.40. The molecule has 150 valence electrons.